The third kappa shape index (κ3) is 4.31. The van der Waals surface area contributed by atoms with Crippen molar-refractivity contribution in [1.82, 2.24) is 14.6 Å². The topological polar surface area (TPSA) is 59.7 Å². The standard InChI is InChI=1S/C16H16BrClN4O2S/c1-16(2,3)24-15(23)21(9-11-5-4-6-25-11)13-12-7-10(17)8-22(12)20-14(18)19-13/h4-8H,9H2,1-3H3/i9D2. The van der Waals surface area contributed by atoms with Gasteiger partial charge in [0.25, 0.3) is 0 Å². The van der Waals surface area contributed by atoms with E-state index in [1.807, 2.05) is 0 Å². The highest BCUT2D eigenvalue weighted by atomic mass is 79.9. The summed E-state index contributed by atoms with van der Waals surface area (Å²) in [6.45, 7) is 2.91. The Morgan fingerprint density at radius 3 is 2.96 bits per heavy atom. The largest absolute Gasteiger partial charge is 0.443 e. The first-order chi connectivity index (χ1) is 12.5. The molecular formula is C16H16BrClN4O2S. The van der Waals surface area contributed by atoms with Crippen molar-refractivity contribution in [2.45, 2.75) is 32.9 Å². The van der Waals surface area contributed by atoms with Gasteiger partial charge in [-0.25, -0.2) is 9.31 Å². The van der Waals surface area contributed by atoms with Gasteiger partial charge in [0, 0.05) is 15.5 Å². The Hall–Kier alpha value is -1.64. The highest BCUT2D eigenvalue weighted by molar-refractivity contribution is 9.10. The Morgan fingerprint density at radius 1 is 1.56 bits per heavy atom. The summed E-state index contributed by atoms with van der Waals surface area (Å²) in [6.07, 6.45) is 0.760. The van der Waals surface area contributed by atoms with Crippen LogP contribution in [0.25, 0.3) is 5.52 Å². The molecule has 0 atom stereocenters. The number of rotatable bonds is 3. The van der Waals surface area contributed by atoms with Gasteiger partial charge in [0.15, 0.2) is 5.82 Å². The second-order valence-corrected chi connectivity index (χ2v) is 8.30. The van der Waals surface area contributed by atoms with Crippen LogP contribution in [0.5, 0.6) is 0 Å². The molecule has 0 aliphatic rings. The summed E-state index contributed by atoms with van der Waals surface area (Å²) in [5.41, 5.74) is -0.422. The van der Waals surface area contributed by atoms with Gasteiger partial charge in [0.1, 0.15) is 11.1 Å². The molecule has 9 heteroatoms. The van der Waals surface area contributed by atoms with E-state index in [4.69, 9.17) is 19.1 Å². The number of fused-ring (bicyclic) bond motifs is 1. The molecule has 0 N–H and O–H groups in total. The van der Waals surface area contributed by atoms with E-state index in [0.717, 1.165) is 4.90 Å². The second-order valence-electron chi connectivity index (χ2n) is 6.10. The van der Waals surface area contributed by atoms with E-state index in [0.29, 0.717) is 14.9 Å². The fourth-order valence-corrected chi connectivity index (χ4v) is 3.21. The minimum atomic E-state index is -2.22. The molecule has 3 aromatic heterocycles. The van der Waals surface area contributed by atoms with Gasteiger partial charge in [-0.05, 0) is 65.8 Å². The predicted octanol–water partition coefficient (Wildman–Crippen LogP) is 5.15. The Bertz CT molecular complexity index is 988. The number of amides is 1. The molecule has 0 fully saturated rings. The zero-order valence-corrected chi connectivity index (χ0v) is 16.8. The van der Waals surface area contributed by atoms with Crippen LogP contribution in [0, 0.1) is 0 Å². The van der Waals surface area contributed by atoms with E-state index in [9.17, 15) is 4.79 Å². The Kier molecular flexibility index (Phi) is 4.33. The summed E-state index contributed by atoms with van der Waals surface area (Å²) < 4.78 is 24.9. The van der Waals surface area contributed by atoms with Crippen molar-refractivity contribution >= 4 is 56.3 Å². The van der Waals surface area contributed by atoms with Gasteiger partial charge in [0.05, 0.1) is 9.24 Å². The average molecular weight is 446 g/mol. The molecule has 0 aliphatic heterocycles. The number of thiophene rings is 1. The fraction of sp³-hybridized carbons (Fsp3) is 0.312. The van der Waals surface area contributed by atoms with E-state index < -0.39 is 18.2 Å². The van der Waals surface area contributed by atoms with Crippen molar-refractivity contribution in [1.29, 1.82) is 0 Å². The number of nitrogens with zero attached hydrogens (tertiary/aromatic N) is 4. The minimum absolute atomic E-state index is 0.00773. The molecule has 3 aromatic rings. The summed E-state index contributed by atoms with van der Waals surface area (Å²) in [5, 5.41) is 5.67. The number of ether oxygens (including phenoxy) is 1. The molecule has 0 saturated heterocycles. The first-order valence-electron chi connectivity index (χ1n) is 8.27. The summed E-state index contributed by atoms with van der Waals surface area (Å²) >= 11 is 10.6. The van der Waals surface area contributed by atoms with Gasteiger partial charge < -0.3 is 4.74 Å². The van der Waals surface area contributed by atoms with Crippen LogP contribution in [0.15, 0.2) is 34.2 Å². The first-order valence-corrected chi connectivity index (χ1v) is 9.33. The number of hydrogen-bond acceptors (Lipinski definition) is 5. The van der Waals surface area contributed by atoms with Crippen LogP contribution in [-0.4, -0.2) is 26.3 Å². The van der Waals surface area contributed by atoms with Crippen LogP contribution in [0.4, 0.5) is 10.6 Å². The lowest BCUT2D eigenvalue weighted by Gasteiger charge is -2.26. The van der Waals surface area contributed by atoms with Crippen LogP contribution in [0.2, 0.25) is 5.28 Å². The molecule has 25 heavy (non-hydrogen) atoms. The van der Waals surface area contributed by atoms with Crippen LogP contribution in [0.1, 0.15) is 28.4 Å². The summed E-state index contributed by atoms with van der Waals surface area (Å²) in [6, 6.07) is 4.99. The monoisotopic (exact) mass is 444 g/mol. The third-order valence-electron chi connectivity index (χ3n) is 2.92. The predicted molar refractivity (Wildman–Crippen MR) is 102 cm³/mol. The van der Waals surface area contributed by atoms with E-state index in [1.54, 1.807) is 50.5 Å². The summed E-state index contributed by atoms with van der Waals surface area (Å²) in [4.78, 5) is 18.4. The van der Waals surface area contributed by atoms with Crippen LogP contribution in [-0.2, 0) is 11.2 Å². The van der Waals surface area contributed by atoms with Gasteiger partial charge >= 0.3 is 6.09 Å². The lowest BCUT2D eigenvalue weighted by Crippen LogP contribution is -2.37. The SMILES string of the molecule is [2H]C([2H])(c1cccs1)N(C(=O)OC(C)(C)C)c1nc(Cl)nn2cc(Br)cc12. The number of carbonyl (C=O) groups excluding carboxylic acids is 1. The van der Waals surface area contributed by atoms with Crippen LogP contribution in [0.3, 0.4) is 0 Å². The van der Waals surface area contributed by atoms with Crippen molar-refractivity contribution in [2.75, 3.05) is 4.90 Å². The number of carbonyl (C=O) groups is 1. The zero-order valence-electron chi connectivity index (χ0n) is 15.7. The smallest absolute Gasteiger partial charge is 0.416 e. The second kappa shape index (κ2) is 6.93. The number of anilines is 1. The normalized spacial score (nSPS) is 13.5. The summed E-state index contributed by atoms with van der Waals surface area (Å²) in [7, 11) is 0. The average Bonchev–Trinajstić information content (AvgIpc) is 3.13. The number of hydrogen-bond donors (Lipinski definition) is 0. The van der Waals surface area contributed by atoms with Gasteiger partial charge in [-0.3, -0.25) is 4.90 Å². The lowest BCUT2D eigenvalue weighted by atomic mass is 10.2. The van der Waals surface area contributed by atoms with Crippen molar-refractivity contribution in [3.05, 3.63) is 44.4 Å². The molecule has 0 radical (unpaired) electrons. The van der Waals surface area contributed by atoms with Crippen molar-refractivity contribution in [3.63, 3.8) is 0 Å². The quantitative estimate of drug-likeness (QED) is 0.559. The fourth-order valence-electron chi connectivity index (χ4n) is 2.04. The highest BCUT2D eigenvalue weighted by Gasteiger charge is 2.27. The third-order valence-corrected chi connectivity index (χ3v) is 4.28. The lowest BCUT2D eigenvalue weighted by molar-refractivity contribution is 0.0577. The molecule has 0 saturated carbocycles. The Balaban J connectivity index is 2.23. The maximum absolute atomic E-state index is 13.0. The molecule has 132 valence electrons. The maximum atomic E-state index is 13.0. The van der Waals surface area contributed by atoms with Gasteiger partial charge in [-0.2, -0.15) is 4.98 Å². The van der Waals surface area contributed by atoms with Gasteiger partial charge in [-0.1, -0.05) is 6.07 Å². The van der Waals surface area contributed by atoms with Crippen molar-refractivity contribution in [3.8, 4) is 0 Å². The molecule has 3 rings (SSSR count). The van der Waals surface area contributed by atoms with Gasteiger partial charge in [0.2, 0.25) is 5.28 Å². The molecule has 0 aliphatic carbocycles. The van der Waals surface area contributed by atoms with Crippen molar-refractivity contribution < 1.29 is 12.3 Å². The molecule has 3 heterocycles. The molecule has 1 amide bonds. The zero-order chi connectivity index (χ0) is 20.0. The molecule has 0 aromatic carbocycles. The molecule has 0 unspecified atom stereocenters. The molecule has 6 nitrogen and oxygen atoms in total. The highest BCUT2D eigenvalue weighted by Crippen LogP contribution is 2.28. The van der Waals surface area contributed by atoms with E-state index in [-0.39, 0.29) is 11.1 Å². The van der Waals surface area contributed by atoms with E-state index in [1.165, 1.54) is 15.9 Å². The Labute approximate surface area is 165 Å². The molecule has 0 bridgehead atoms. The maximum Gasteiger partial charge on any atom is 0.416 e. The molecular weight excluding hydrogens is 428 g/mol. The number of halogens is 2. The van der Waals surface area contributed by atoms with Crippen LogP contribution < -0.4 is 4.90 Å². The van der Waals surface area contributed by atoms with Crippen LogP contribution >= 0.6 is 38.9 Å². The first kappa shape index (κ1) is 15.6. The molecule has 0 spiro atoms. The van der Waals surface area contributed by atoms with Gasteiger partial charge in [-0.15, -0.1) is 16.4 Å². The Morgan fingerprint density at radius 2 is 2.32 bits per heavy atom. The van der Waals surface area contributed by atoms with E-state index >= 15 is 0 Å². The van der Waals surface area contributed by atoms with Crippen molar-refractivity contribution in [2.24, 2.45) is 0 Å². The summed E-state index contributed by atoms with van der Waals surface area (Å²) in [5.74, 6) is 0.00773. The number of aromatic nitrogens is 3. The minimum Gasteiger partial charge on any atom is -0.443 e. The van der Waals surface area contributed by atoms with E-state index in [2.05, 4.69) is 26.0 Å².